The molecule has 2 aromatic heterocycles. The summed E-state index contributed by atoms with van der Waals surface area (Å²) >= 11 is 12.1. The average molecular weight is 460 g/mol. The smallest absolute Gasteiger partial charge is 0.323 e. The molecule has 3 heterocycles. The lowest BCUT2D eigenvalue weighted by atomic mass is 10.0. The predicted octanol–water partition coefficient (Wildman–Crippen LogP) is 4.70. The van der Waals surface area contributed by atoms with Gasteiger partial charge in [-0.15, -0.1) is 0 Å². The van der Waals surface area contributed by atoms with Gasteiger partial charge in [-0.05, 0) is 37.1 Å². The Hall–Kier alpha value is -2.84. The Morgan fingerprint density at radius 2 is 1.97 bits per heavy atom. The number of hydrogen-bond donors (Lipinski definition) is 2. The molecule has 1 aliphatic heterocycles. The fourth-order valence-electron chi connectivity index (χ4n) is 3.50. The molecule has 0 saturated carbocycles. The van der Waals surface area contributed by atoms with Crippen LogP contribution >= 0.6 is 23.2 Å². The zero-order valence-electron chi connectivity index (χ0n) is 17.4. The van der Waals surface area contributed by atoms with Crippen LogP contribution in [-0.2, 0) is 0 Å². The van der Waals surface area contributed by atoms with Gasteiger partial charge in [-0.1, -0.05) is 37.0 Å². The van der Waals surface area contributed by atoms with Crippen molar-refractivity contribution in [2.75, 3.05) is 16.8 Å². The highest BCUT2D eigenvalue weighted by Gasteiger charge is 2.35. The number of rotatable bonds is 6. The van der Waals surface area contributed by atoms with Crippen molar-refractivity contribution in [1.82, 2.24) is 24.8 Å². The fourth-order valence-corrected chi connectivity index (χ4v) is 3.79. The molecule has 1 saturated heterocycles. The lowest BCUT2D eigenvalue weighted by Crippen LogP contribution is -2.38. The number of benzene rings is 1. The number of amides is 2. The molecule has 2 amide bonds. The van der Waals surface area contributed by atoms with Crippen LogP contribution in [0.4, 0.5) is 16.6 Å². The predicted molar refractivity (Wildman–Crippen MR) is 122 cm³/mol. The van der Waals surface area contributed by atoms with Gasteiger partial charge in [0.2, 0.25) is 5.95 Å². The summed E-state index contributed by atoms with van der Waals surface area (Å²) < 4.78 is 1.87. The molecule has 10 heteroatoms. The van der Waals surface area contributed by atoms with E-state index in [9.17, 15) is 4.79 Å². The van der Waals surface area contributed by atoms with Crippen molar-refractivity contribution in [2.45, 2.75) is 32.9 Å². The van der Waals surface area contributed by atoms with Crippen LogP contribution in [-0.4, -0.2) is 38.1 Å². The summed E-state index contributed by atoms with van der Waals surface area (Å²) in [6, 6.07) is 6.90. The largest absolute Gasteiger partial charge is 0.346 e. The van der Waals surface area contributed by atoms with Crippen molar-refractivity contribution in [3.05, 3.63) is 58.7 Å². The maximum atomic E-state index is 12.3. The van der Waals surface area contributed by atoms with Gasteiger partial charge < -0.3 is 15.2 Å². The highest BCUT2D eigenvalue weighted by Crippen LogP contribution is 2.26. The molecule has 2 atom stereocenters. The Morgan fingerprint density at radius 1 is 1.16 bits per heavy atom. The molecule has 1 aliphatic rings. The standard InChI is InChI=1S/C21H23Cl2N7O/c1-12(2)18-9-25-21(31)30(18)19-6-7-24-20(28-19)27-13(3)17-10-29(11-26-17)14-4-5-15(22)16(23)8-14/h4-8,10-13,18H,9H2,1-3H3,(H,25,31)(H,24,27,28)/t13-,18?/m0/s1. The highest BCUT2D eigenvalue weighted by molar-refractivity contribution is 6.42. The summed E-state index contributed by atoms with van der Waals surface area (Å²) in [5.41, 5.74) is 1.66. The third-order valence-electron chi connectivity index (χ3n) is 5.26. The molecule has 2 N–H and O–H groups in total. The molecule has 1 aromatic carbocycles. The first-order valence-corrected chi connectivity index (χ1v) is 10.7. The molecule has 1 unspecified atom stereocenters. The maximum Gasteiger partial charge on any atom is 0.323 e. The normalized spacial score (nSPS) is 17.2. The van der Waals surface area contributed by atoms with Crippen molar-refractivity contribution in [1.29, 1.82) is 0 Å². The molecular formula is C21H23Cl2N7O. The maximum absolute atomic E-state index is 12.3. The minimum Gasteiger partial charge on any atom is -0.346 e. The summed E-state index contributed by atoms with van der Waals surface area (Å²) in [4.78, 5) is 27.4. The minimum atomic E-state index is -0.160. The quantitative estimate of drug-likeness (QED) is 0.557. The molecule has 0 bridgehead atoms. The van der Waals surface area contributed by atoms with Crippen molar-refractivity contribution in [3.8, 4) is 5.69 Å². The van der Waals surface area contributed by atoms with Gasteiger partial charge in [-0.2, -0.15) is 4.98 Å². The Bertz CT molecular complexity index is 1100. The van der Waals surface area contributed by atoms with E-state index < -0.39 is 0 Å². The molecule has 1 fully saturated rings. The van der Waals surface area contributed by atoms with Crippen molar-refractivity contribution in [2.24, 2.45) is 5.92 Å². The van der Waals surface area contributed by atoms with Crippen molar-refractivity contribution >= 4 is 41.0 Å². The third kappa shape index (κ3) is 4.45. The Kier molecular flexibility index (Phi) is 6.02. The van der Waals surface area contributed by atoms with Crippen LogP contribution in [0.25, 0.3) is 5.69 Å². The summed E-state index contributed by atoms with van der Waals surface area (Å²) in [5, 5.41) is 7.14. The van der Waals surface area contributed by atoms with Gasteiger partial charge >= 0.3 is 6.03 Å². The number of halogens is 2. The minimum absolute atomic E-state index is 0.0505. The van der Waals surface area contributed by atoms with E-state index >= 15 is 0 Å². The highest BCUT2D eigenvalue weighted by atomic mass is 35.5. The van der Waals surface area contributed by atoms with E-state index in [-0.39, 0.29) is 18.1 Å². The van der Waals surface area contributed by atoms with Gasteiger partial charge in [-0.3, -0.25) is 4.90 Å². The fraction of sp³-hybridized carbons (Fsp3) is 0.333. The number of imidazole rings is 1. The van der Waals surface area contributed by atoms with E-state index in [4.69, 9.17) is 23.2 Å². The second-order valence-electron chi connectivity index (χ2n) is 7.78. The Morgan fingerprint density at radius 3 is 2.71 bits per heavy atom. The second kappa shape index (κ2) is 8.72. The molecule has 4 rings (SSSR count). The zero-order valence-corrected chi connectivity index (χ0v) is 18.9. The van der Waals surface area contributed by atoms with E-state index in [0.717, 1.165) is 11.4 Å². The zero-order chi connectivity index (χ0) is 22.1. The number of aromatic nitrogens is 4. The van der Waals surface area contributed by atoms with Crippen molar-refractivity contribution in [3.63, 3.8) is 0 Å². The Labute approximate surface area is 190 Å². The van der Waals surface area contributed by atoms with Crippen LogP contribution in [0.1, 0.15) is 32.5 Å². The molecule has 31 heavy (non-hydrogen) atoms. The van der Waals surface area contributed by atoms with Crippen LogP contribution in [0.5, 0.6) is 0 Å². The summed E-state index contributed by atoms with van der Waals surface area (Å²) in [7, 11) is 0. The first-order valence-electron chi connectivity index (χ1n) is 9.99. The Balaban J connectivity index is 1.51. The van der Waals surface area contributed by atoms with Crippen molar-refractivity contribution < 1.29 is 4.79 Å². The van der Waals surface area contributed by atoms with E-state index in [1.807, 2.05) is 23.8 Å². The number of nitrogens with one attached hydrogen (secondary N) is 2. The van der Waals surface area contributed by atoms with Gasteiger partial charge in [-0.25, -0.2) is 14.8 Å². The van der Waals surface area contributed by atoms with Gasteiger partial charge in [0.25, 0.3) is 0 Å². The SMILES string of the molecule is CC(C)C1CNC(=O)N1c1ccnc(N[C@@H](C)c2cn(-c3ccc(Cl)c(Cl)c3)cn2)n1. The van der Waals surface area contributed by atoms with Crippen LogP contribution in [0.3, 0.4) is 0 Å². The average Bonchev–Trinajstić information content (AvgIpc) is 3.37. The number of anilines is 2. The number of nitrogens with zero attached hydrogens (tertiary/aromatic N) is 5. The van der Waals surface area contributed by atoms with E-state index in [0.29, 0.717) is 34.3 Å². The number of carbonyl (C=O) groups excluding carboxylic acids is 1. The number of hydrogen-bond acceptors (Lipinski definition) is 5. The third-order valence-corrected chi connectivity index (χ3v) is 6.00. The molecule has 162 valence electrons. The van der Waals surface area contributed by atoms with E-state index in [1.165, 1.54) is 0 Å². The summed E-state index contributed by atoms with van der Waals surface area (Å²) in [6.07, 6.45) is 5.27. The monoisotopic (exact) mass is 459 g/mol. The van der Waals surface area contributed by atoms with Gasteiger partial charge in [0.15, 0.2) is 0 Å². The van der Waals surface area contributed by atoms with Crippen LogP contribution < -0.4 is 15.5 Å². The van der Waals surface area contributed by atoms with E-state index in [2.05, 4.69) is 39.4 Å². The molecule has 0 radical (unpaired) electrons. The number of urea groups is 1. The first-order chi connectivity index (χ1) is 14.8. The lowest BCUT2D eigenvalue weighted by molar-refractivity contribution is 0.251. The van der Waals surface area contributed by atoms with Crippen LogP contribution in [0.15, 0.2) is 43.0 Å². The van der Waals surface area contributed by atoms with Gasteiger partial charge in [0.05, 0.1) is 34.2 Å². The summed E-state index contributed by atoms with van der Waals surface area (Å²) in [6.45, 7) is 6.75. The first kappa shape index (κ1) is 21.4. The van der Waals surface area contributed by atoms with Crippen LogP contribution in [0.2, 0.25) is 10.0 Å². The van der Waals surface area contributed by atoms with E-state index in [1.54, 1.807) is 35.6 Å². The molecular weight excluding hydrogens is 437 g/mol. The second-order valence-corrected chi connectivity index (χ2v) is 8.59. The molecule has 3 aromatic rings. The van der Waals surface area contributed by atoms with Gasteiger partial charge in [0.1, 0.15) is 5.82 Å². The summed E-state index contributed by atoms with van der Waals surface area (Å²) in [5.74, 6) is 1.30. The lowest BCUT2D eigenvalue weighted by Gasteiger charge is -2.25. The molecule has 0 aliphatic carbocycles. The topological polar surface area (TPSA) is 88.0 Å². The van der Waals surface area contributed by atoms with Crippen LogP contribution in [0, 0.1) is 5.92 Å². The molecule has 8 nitrogen and oxygen atoms in total. The molecule has 0 spiro atoms. The van der Waals surface area contributed by atoms with Gasteiger partial charge in [0, 0.05) is 24.6 Å². The number of carbonyl (C=O) groups is 1.